The predicted octanol–water partition coefficient (Wildman–Crippen LogP) is 3.94. The summed E-state index contributed by atoms with van der Waals surface area (Å²) in [4.78, 5) is 10.8. The van der Waals surface area contributed by atoms with Gasteiger partial charge in [-0.15, -0.1) is 0 Å². The molecular formula is C14H13BrO4. The Morgan fingerprint density at radius 3 is 2.68 bits per heavy atom. The molecule has 0 atom stereocenters. The summed E-state index contributed by atoms with van der Waals surface area (Å²) in [7, 11) is 0. The average Bonchev–Trinajstić information content (AvgIpc) is 2.73. The molecular weight excluding hydrogens is 312 g/mol. The van der Waals surface area contributed by atoms with Crippen LogP contribution in [0.4, 0.5) is 0 Å². The molecule has 0 amide bonds. The standard InChI is InChI=1S/C14H13BrO4/c1-8-5-11(3-4-12(8)15)18-7-10-6-13(14(16)17)19-9(10)2/h3-6H,7H2,1-2H3,(H,16,17). The molecule has 0 aliphatic carbocycles. The van der Waals surface area contributed by atoms with Crippen molar-refractivity contribution >= 4 is 21.9 Å². The molecule has 2 rings (SSSR count). The summed E-state index contributed by atoms with van der Waals surface area (Å²) in [5, 5.41) is 8.83. The van der Waals surface area contributed by atoms with Gasteiger partial charge in [-0.2, -0.15) is 0 Å². The molecule has 100 valence electrons. The topological polar surface area (TPSA) is 59.7 Å². The zero-order valence-corrected chi connectivity index (χ0v) is 12.2. The van der Waals surface area contributed by atoms with Crippen LogP contribution < -0.4 is 4.74 Å². The summed E-state index contributed by atoms with van der Waals surface area (Å²) >= 11 is 3.42. The second kappa shape index (κ2) is 5.48. The fraction of sp³-hybridized carbons (Fsp3) is 0.214. The predicted molar refractivity (Wildman–Crippen MR) is 73.6 cm³/mol. The zero-order valence-electron chi connectivity index (χ0n) is 10.6. The lowest BCUT2D eigenvalue weighted by molar-refractivity contribution is 0.0661. The first-order valence-corrected chi connectivity index (χ1v) is 6.48. The molecule has 5 heteroatoms. The normalized spacial score (nSPS) is 10.5. The molecule has 0 unspecified atom stereocenters. The summed E-state index contributed by atoms with van der Waals surface area (Å²) in [6, 6.07) is 7.17. The smallest absolute Gasteiger partial charge is 0.371 e. The van der Waals surface area contributed by atoms with Crippen molar-refractivity contribution in [1.29, 1.82) is 0 Å². The van der Waals surface area contributed by atoms with E-state index < -0.39 is 5.97 Å². The van der Waals surface area contributed by atoms with Crippen molar-refractivity contribution < 1.29 is 19.1 Å². The highest BCUT2D eigenvalue weighted by molar-refractivity contribution is 9.10. The molecule has 1 aromatic carbocycles. The van der Waals surface area contributed by atoms with Crippen molar-refractivity contribution in [3.8, 4) is 5.75 Å². The van der Waals surface area contributed by atoms with Crippen LogP contribution in [0.25, 0.3) is 0 Å². The summed E-state index contributed by atoms with van der Waals surface area (Å²) in [5.41, 5.74) is 1.81. The van der Waals surface area contributed by atoms with Gasteiger partial charge < -0.3 is 14.3 Å². The number of hydrogen-bond acceptors (Lipinski definition) is 3. The van der Waals surface area contributed by atoms with Crippen LogP contribution in [0.1, 0.15) is 27.4 Å². The van der Waals surface area contributed by atoms with Crippen molar-refractivity contribution in [2.75, 3.05) is 0 Å². The van der Waals surface area contributed by atoms with Gasteiger partial charge in [0, 0.05) is 10.0 Å². The van der Waals surface area contributed by atoms with Crippen molar-refractivity contribution in [2.45, 2.75) is 20.5 Å². The van der Waals surface area contributed by atoms with Crippen molar-refractivity contribution in [2.24, 2.45) is 0 Å². The van der Waals surface area contributed by atoms with Crippen molar-refractivity contribution in [1.82, 2.24) is 0 Å². The number of hydrogen-bond donors (Lipinski definition) is 1. The number of ether oxygens (including phenoxy) is 1. The van der Waals surface area contributed by atoms with E-state index in [0.29, 0.717) is 5.76 Å². The zero-order chi connectivity index (χ0) is 14.0. The first-order valence-electron chi connectivity index (χ1n) is 5.69. The third kappa shape index (κ3) is 3.17. The number of rotatable bonds is 4. The van der Waals surface area contributed by atoms with Gasteiger partial charge in [0.1, 0.15) is 18.1 Å². The summed E-state index contributed by atoms with van der Waals surface area (Å²) < 4.78 is 11.8. The maximum atomic E-state index is 10.8. The lowest BCUT2D eigenvalue weighted by Gasteiger charge is -2.07. The monoisotopic (exact) mass is 324 g/mol. The van der Waals surface area contributed by atoms with E-state index in [2.05, 4.69) is 15.9 Å². The third-order valence-electron chi connectivity index (χ3n) is 2.76. The van der Waals surface area contributed by atoms with Gasteiger partial charge in [0.05, 0.1) is 0 Å². The number of aryl methyl sites for hydroxylation is 2. The molecule has 0 saturated heterocycles. The minimum absolute atomic E-state index is 0.0666. The molecule has 0 aliphatic heterocycles. The summed E-state index contributed by atoms with van der Waals surface area (Å²) in [6.45, 7) is 3.98. The fourth-order valence-electron chi connectivity index (χ4n) is 1.64. The molecule has 0 aliphatic rings. The number of furan rings is 1. The number of carbonyl (C=O) groups is 1. The molecule has 0 spiro atoms. The maximum absolute atomic E-state index is 10.8. The van der Waals surface area contributed by atoms with Crippen LogP contribution in [0.3, 0.4) is 0 Å². The van der Waals surface area contributed by atoms with Crippen LogP contribution in [0, 0.1) is 13.8 Å². The summed E-state index contributed by atoms with van der Waals surface area (Å²) in [5.74, 6) is 0.154. The molecule has 1 aromatic heterocycles. The van der Waals surface area contributed by atoms with E-state index >= 15 is 0 Å². The first-order chi connectivity index (χ1) is 8.97. The molecule has 1 N–H and O–H groups in total. The van der Waals surface area contributed by atoms with Gasteiger partial charge in [-0.3, -0.25) is 0 Å². The van der Waals surface area contributed by atoms with Gasteiger partial charge in [-0.05, 0) is 43.7 Å². The molecule has 19 heavy (non-hydrogen) atoms. The Labute approximate surface area is 119 Å². The number of aromatic carboxylic acids is 1. The van der Waals surface area contributed by atoms with Crippen LogP contribution in [0.2, 0.25) is 0 Å². The van der Waals surface area contributed by atoms with Crippen LogP contribution in [0.15, 0.2) is 33.2 Å². The third-order valence-corrected chi connectivity index (χ3v) is 3.64. The molecule has 1 heterocycles. The van der Waals surface area contributed by atoms with Crippen LogP contribution in [-0.2, 0) is 6.61 Å². The minimum Gasteiger partial charge on any atom is -0.489 e. The highest BCUT2D eigenvalue weighted by Gasteiger charge is 2.13. The van der Waals surface area contributed by atoms with Gasteiger partial charge in [0.25, 0.3) is 0 Å². The SMILES string of the molecule is Cc1cc(OCc2cc(C(=O)O)oc2C)ccc1Br. The van der Waals surface area contributed by atoms with Crippen LogP contribution in [-0.4, -0.2) is 11.1 Å². The van der Waals surface area contributed by atoms with Gasteiger partial charge in [0.2, 0.25) is 5.76 Å². The Kier molecular flexibility index (Phi) is 3.95. The van der Waals surface area contributed by atoms with E-state index in [0.717, 1.165) is 21.3 Å². The Morgan fingerprint density at radius 1 is 1.37 bits per heavy atom. The molecule has 2 aromatic rings. The van der Waals surface area contributed by atoms with E-state index in [9.17, 15) is 4.79 Å². The quantitative estimate of drug-likeness (QED) is 0.925. The Hall–Kier alpha value is -1.75. The van der Waals surface area contributed by atoms with E-state index in [1.54, 1.807) is 6.92 Å². The second-order valence-electron chi connectivity index (χ2n) is 4.20. The van der Waals surface area contributed by atoms with Crippen LogP contribution in [0.5, 0.6) is 5.75 Å². The van der Waals surface area contributed by atoms with E-state index in [-0.39, 0.29) is 12.4 Å². The number of halogens is 1. The van der Waals surface area contributed by atoms with Gasteiger partial charge in [-0.1, -0.05) is 15.9 Å². The number of carboxylic acid groups (broad SMARTS) is 1. The fourth-order valence-corrected chi connectivity index (χ4v) is 1.88. The Bertz CT molecular complexity index is 616. The largest absolute Gasteiger partial charge is 0.489 e. The van der Waals surface area contributed by atoms with Crippen LogP contribution >= 0.6 is 15.9 Å². The van der Waals surface area contributed by atoms with E-state index in [1.807, 2.05) is 25.1 Å². The molecule has 0 saturated carbocycles. The highest BCUT2D eigenvalue weighted by Crippen LogP contribution is 2.23. The van der Waals surface area contributed by atoms with Gasteiger partial charge >= 0.3 is 5.97 Å². The average molecular weight is 325 g/mol. The lowest BCUT2D eigenvalue weighted by atomic mass is 10.2. The molecule has 0 radical (unpaired) electrons. The summed E-state index contributed by atoms with van der Waals surface area (Å²) in [6.07, 6.45) is 0. The van der Waals surface area contributed by atoms with Gasteiger partial charge in [-0.25, -0.2) is 4.79 Å². The Morgan fingerprint density at radius 2 is 2.11 bits per heavy atom. The number of benzene rings is 1. The van der Waals surface area contributed by atoms with Crippen molar-refractivity contribution in [3.05, 3.63) is 51.4 Å². The lowest BCUT2D eigenvalue weighted by Crippen LogP contribution is -1.96. The Balaban J connectivity index is 2.09. The minimum atomic E-state index is -1.08. The molecule has 0 bridgehead atoms. The maximum Gasteiger partial charge on any atom is 0.371 e. The number of carboxylic acids is 1. The highest BCUT2D eigenvalue weighted by atomic mass is 79.9. The van der Waals surface area contributed by atoms with Gasteiger partial charge in [0.15, 0.2) is 0 Å². The molecule has 0 fully saturated rings. The van der Waals surface area contributed by atoms with E-state index in [1.165, 1.54) is 6.07 Å². The second-order valence-corrected chi connectivity index (χ2v) is 5.05. The van der Waals surface area contributed by atoms with E-state index in [4.69, 9.17) is 14.3 Å². The molecule has 4 nitrogen and oxygen atoms in total. The van der Waals surface area contributed by atoms with Crippen molar-refractivity contribution in [3.63, 3.8) is 0 Å². The first kappa shape index (κ1) is 13.7.